The lowest BCUT2D eigenvalue weighted by Crippen LogP contribution is -2.48. The maximum atomic E-state index is 12.8. The minimum atomic E-state index is -4.88. The molecule has 2 saturated heterocycles. The van der Waals surface area contributed by atoms with E-state index in [4.69, 9.17) is 14.2 Å². The summed E-state index contributed by atoms with van der Waals surface area (Å²) in [6.45, 7) is 4.63. The molecule has 36 heavy (non-hydrogen) atoms. The number of nitrogens with zero attached hydrogens (tertiary/aromatic N) is 5. The molecule has 0 atom stereocenters. The first-order valence-corrected chi connectivity index (χ1v) is 11.8. The molecular formula is C24H25F3N6O3. The van der Waals surface area contributed by atoms with Crippen LogP contribution < -0.4 is 15.0 Å². The monoisotopic (exact) mass is 502 g/mol. The fourth-order valence-electron chi connectivity index (χ4n) is 4.80. The number of benzene rings is 1. The van der Waals surface area contributed by atoms with Crippen LogP contribution in [0.5, 0.6) is 5.75 Å². The SMILES string of the molecule is Cc1nc(-c2cc3cc(OC(F)(F)F)cc(C#N)c3nc2N2CCC(NC3CCOCC3)CC2)no1. The highest BCUT2D eigenvalue weighted by Crippen LogP contribution is 2.36. The molecule has 4 heterocycles. The first-order chi connectivity index (χ1) is 17.3. The maximum Gasteiger partial charge on any atom is 0.573 e. The van der Waals surface area contributed by atoms with E-state index in [2.05, 4.69) is 25.1 Å². The predicted octanol–water partition coefficient (Wildman–Crippen LogP) is 4.10. The number of anilines is 1. The number of piperidine rings is 1. The van der Waals surface area contributed by atoms with Gasteiger partial charge in [-0.2, -0.15) is 10.2 Å². The Kier molecular flexibility index (Phi) is 6.68. The molecule has 0 spiro atoms. The zero-order chi connectivity index (χ0) is 25.3. The summed E-state index contributed by atoms with van der Waals surface area (Å²) < 4.78 is 53.2. The highest BCUT2D eigenvalue weighted by atomic mass is 19.4. The van der Waals surface area contributed by atoms with Crippen LogP contribution in [0.4, 0.5) is 19.0 Å². The Balaban J connectivity index is 1.48. The van der Waals surface area contributed by atoms with Crippen molar-refractivity contribution in [1.29, 1.82) is 5.26 Å². The molecule has 0 unspecified atom stereocenters. The fraction of sp³-hybridized carbons (Fsp3) is 0.500. The van der Waals surface area contributed by atoms with Gasteiger partial charge in [0.15, 0.2) is 0 Å². The number of pyridine rings is 1. The van der Waals surface area contributed by atoms with Gasteiger partial charge in [-0.05, 0) is 37.8 Å². The average Bonchev–Trinajstić information content (AvgIpc) is 3.29. The van der Waals surface area contributed by atoms with Gasteiger partial charge in [-0.3, -0.25) is 0 Å². The van der Waals surface area contributed by atoms with Crippen LogP contribution in [-0.2, 0) is 4.74 Å². The number of alkyl halides is 3. The van der Waals surface area contributed by atoms with Gasteiger partial charge in [0.2, 0.25) is 11.7 Å². The number of hydrogen-bond acceptors (Lipinski definition) is 9. The molecule has 2 aromatic heterocycles. The van der Waals surface area contributed by atoms with Crippen molar-refractivity contribution < 1.29 is 27.2 Å². The summed E-state index contributed by atoms with van der Waals surface area (Å²) in [5.41, 5.74) is 0.789. The van der Waals surface area contributed by atoms with E-state index in [-0.39, 0.29) is 16.9 Å². The van der Waals surface area contributed by atoms with Gasteiger partial charge in [-0.15, -0.1) is 13.2 Å². The van der Waals surface area contributed by atoms with Crippen molar-refractivity contribution in [1.82, 2.24) is 20.4 Å². The van der Waals surface area contributed by atoms with E-state index < -0.39 is 12.1 Å². The summed E-state index contributed by atoms with van der Waals surface area (Å²) in [6.07, 6.45) is -1.09. The van der Waals surface area contributed by atoms with E-state index in [0.29, 0.717) is 47.8 Å². The number of aromatic nitrogens is 3. The molecule has 0 bridgehead atoms. The molecular weight excluding hydrogens is 477 g/mol. The van der Waals surface area contributed by atoms with Crippen molar-refractivity contribution in [3.05, 3.63) is 29.7 Å². The number of aryl methyl sites for hydroxylation is 1. The van der Waals surface area contributed by atoms with E-state index in [9.17, 15) is 18.4 Å². The Labute approximate surface area is 205 Å². The lowest BCUT2D eigenvalue weighted by atomic mass is 10.00. The Bertz CT molecular complexity index is 1270. The molecule has 0 aliphatic carbocycles. The van der Waals surface area contributed by atoms with Crippen molar-refractivity contribution in [2.75, 3.05) is 31.2 Å². The topological polar surface area (TPSA) is 109 Å². The normalized spacial score (nSPS) is 17.9. The molecule has 2 aliphatic rings. The standard InChI is InChI=1S/C24H25F3N6O3/c1-14-29-22(32-36-14)20-12-15-10-19(35-24(25,26)27)11-16(13-28)21(15)31-23(20)33-6-2-17(3-7-33)30-18-4-8-34-9-5-18/h10-12,17-18,30H,2-9H2,1H3. The predicted molar refractivity (Wildman–Crippen MR) is 123 cm³/mol. The van der Waals surface area contributed by atoms with Crippen molar-refractivity contribution in [3.8, 4) is 23.2 Å². The van der Waals surface area contributed by atoms with Gasteiger partial charge >= 0.3 is 6.36 Å². The first-order valence-electron chi connectivity index (χ1n) is 11.8. The van der Waals surface area contributed by atoms with Crippen LogP contribution in [-0.4, -0.2) is 59.9 Å². The Morgan fingerprint density at radius 3 is 2.44 bits per heavy atom. The zero-order valence-electron chi connectivity index (χ0n) is 19.6. The number of halogens is 3. The molecule has 5 rings (SSSR count). The molecule has 190 valence electrons. The van der Waals surface area contributed by atoms with Crippen molar-refractivity contribution in [3.63, 3.8) is 0 Å². The second-order valence-corrected chi connectivity index (χ2v) is 9.01. The lowest BCUT2D eigenvalue weighted by Gasteiger charge is -2.36. The minimum absolute atomic E-state index is 0.0140. The maximum absolute atomic E-state index is 12.8. The van der Waals surface area contributed by atoms with Crippen molar-refractivity contribution >= 4 is 16.7 Å². The molecule has 0 saturated carbocycles. The third-order valence-electron chi connectivity index (χ3n) is 6.48. The number of ether oxygens (including phenoxy) is 2. The van der Waals surface area contributed by atoms with E-state index in [1.54, 1.807) is 13.0 Å². The molecule has 1 aromatic carbocycles. The van der Waals surface area contributed by atoms with E-state index in [1.165, 1.54) is 6.07 Å². The largest absolute Gasteiger partial charge is 0.573 e. The number of rotatable bonds is 5. The van der Waals surface area contributed by atoms with Gasteiger partial charge in [0.1, 0.15) is 17.6 Å². The third kappa shape index (κ3) is 5.37. The number of fused-ring (bicyclic) bond motifs is 1. The quantitative estimate of drug-likeness (QED) is 0.551. The smallest absolute Gasteiger partial charge is 0.406 e. The minimum Gasteiger partial charge on any atom is -0.406 e. The highest BCUT2D eigenvalue weighted by molar-refractivity contribution is 5.92. The first kappa shape index (κ1) is 24.3. The molecule has 2 fully saturated rings. The average molecular weight is 502 g/mol. The van der Waals surface area contributed by atoms with Crippen LogP contribution in [0.2, 0.25) is 0 Å². The second kappa shape index (κ2) is 9.91. The molecule has 3 aromatic rings. The molecule has 0 radical (unpaired) electrons. The van der Waals surface area contributed by atoms with Crippen molar-refractivity contribution in [2.45, 2.75) is 51.1 Å². The summed E-state index contributed by atoms with van der Waals surface area (Å²) in [6, 6.07) is 6.67. The summed E-state index contributed by atoms with van der Waals surface area (Å²) in [5, 5.41) is 17.7. The second-order valence-electron chi connectivity index (χ2n) is 9.01. The zero-order valence-corrected chi connectivity index (χ0v) is 19.6. The van der Waals surface area contributed by atoms with Gasteiger partial charge < -0.3 is 24.2 Å². The van der Waals surface area contributed by atoms with E-state index in [1.807, 2.05) is 6.07 Å². The molecule has 2 aliphatic heterocycles. The Morgan fingerprint density at radius 2 is 1.81 bits per heavy atom. The van der Waals surface area contributed by atoms with Gasteiger partial charge in [-0.25, -0.2) is 4.98 Å². The highest BCUT2D eigenvalue weighted by Gasteiger charge is 2.32. The number of nitriles is 1. The molecule has 9 nitrogen and oxygen atoms in total. The molecule has 0 amide bonds. The van der Waals surface area contributed by atoms with Crippen LogP contribution in [0.25, 0.3) is 22.3 Å². The van der Waals surface area contributed by atoms with Crippen LogP contribution in [0.15, 0.2) is 22.7 Å². The van der Waals surface area contributed by atoms with Gasteiger partial charge in [-0.1, -0.05) is 5.16 Å². The van der Waals surface area contributed by atoms with E-state index >= 15 is 0 Å². The summed E-state index contributed by atoms with van der Waals surface area (Å²) in [7, 11) is 0. The molecule has 12 heteroatoms. The Morgan fingerprint density at radius 1 is 1.08 bits per heavy atom. The summed E-state index contributed by atoms with van der Waals surface area (Å²) in [5.74, 6) is 0.701. The van der Waals surface area contributed by atoms with Crippen LogP contribution in [0, 0.1) is 18.3 Å². The van der Waals surface area contributed by atoms with E-state index in [0.717, 1.165) is 45.0 Å². The molecule has 1 N–H and O–H groups in total. The van der Waals surface area contributed by atoms with Crippen LogP contribution >= 0.6 is 0 Å². The summed E-state index contributed by atoms with van der Waals surface area (Å²) in [4.78, 5) is 11.2. The number of nitrogens with one attached hydrogen (secondary N) is 1. The Hall–Kier alpha value is -3.43. The van der Waals surface area contributed by atoms with Gasteiger partial charge in [0.25, 0.3) is 0 Å². The summed E-state index contributed by atoms with van der Waals surface area (Å²) >= 11 is 0. The lowest BCUT2D eigenvalue weighted by molar-refractivity contribution is -0.274. The van der Waals surface area contributed by atoms with Gasteiger partial charge in [0.05, 0.1) is 16.6 Å². The van der Waals surface area contributed by atoms with Crippen LogP contribution in [0.1, 0.15) is 37.1 Å². The third-order valence-corrected chi connectivity index (χ3v) is 6.48. The fourth-order valence-corrected chi connectivity index (χ4v) is 4.80. The number of hydrogen-bond donors (Lipinski definition) is 1. The van der Waals surface area contributed by atoms with Crippen LogP contribution in [0.3, 0.4) is 0 Å². The van der Waals surface area contributed by atoms with Crippen molar-refractivity contribution in [2.24, 2.45) is 0 Å². The van der Waals surface area contributed by atoms with Gasteiger partial charge in [0, 0.05) is 56.8 Å².